The highest BCUT2D eigenvalue weighted by Crippen LogP contribution is 2.46. The largest absolute Gasteiger partial charge is 0.456 e. The maximum atomic E-state index is 6.42. The van der Waals surface area contributed by atoms with Crippen LogP contribution in [0, 0.1) is 0 Å². The van der Waals surface area contributed by atoms with Crippen molar-refractivity contribution in [1.29, 1.82) is 0 Å². The summed E-state index contributed by atoms with van der Waals surface area (Å²) in [5, 5.41) is 6.80. The van der Waals surface area contributed by atoms with Gasteiger partial charge in [-0.25, -0.2) is 15.0 Å². The van der Waals surface area contributed by atoms with Crippen molar-refractivity contribution in [3.63, 3.8) is 0 Å². The molecule has 0 unspecified atom stereocenters. The summed E-state index contributed by atoms with van der Waals surface area (Å²) in [6.45, 7) is 0. The predicted molar refractivity (Wildman–Crippen MR) is 254 cm³/mol. The molecule has 0 atom stereocenters. The fraction of sp³-hybridized carbons (Fsp3) is 0. The molecule has 0 saturated heterocycles. The van der Waals surface area contributed by atoms with Gasteiger partial charge in [0.1, 0.15) is 11.2 Å². The Morgan fingerprint density at radius 3 is 1.64 bits per heavy atom. The molecule has 0 radical (unpaired) electrons. The van der Waals surface area contributed by atoms with Gasteiger partial charge in [0, 0.05) is 76.1 Å². The van der Waals surface area contributed by atoms with Crippen molar-refractivity contribution in [2.75, 3.05) is 4.90 Å². The van der Waals surface area contributed by atoms with Gasteiger partial charge in [0.05, 0.1) is 0 Å². The van der Waals surface area contributed by atoms with Crippen LogP contribution in [-0.4, -0.2) is 15.0 Å². The molecular weight excluding hydrogens is 765 g/mol. The van der Waals surface area contributed by atoms with Gasteiger partial charge in [-0.1, -0.05) is 146 Å². The number of aromatic nitrogens is 3. The van der Waals surface area contributed by atoms with Gasteiger partial charge in [0.15, 0.2) is 17.5 Å². The van der Waals surface area contributed by atoms with E-state index in [1.54, 1.807) is 0 Å². The number of hydrogen-bond donors (Lipinski definition) is 0. The highest BCUT2D eigenvalue weighted by atomic mass is 32.1. The molecule has 3 heterocycles. The van der Waals surface area contributed by atoms with E-state index in [4.69, 9.17) is 19.4 Å². The molecule has 0 bridgehead atoms. The second-order valence-electron chi connectivity index (χ2n) is 15.2. The van der Waals surface area contributed by atoms with Crippen molar-refractivity contribution >= 4 is 81.3 Å². The van der Waals surface area contributed by atoms with E-state index in [0.717, 1.165) is 77.6 Å². The molecule has 0 aliphatic heterocycles. The summed E-state index contributed by atoms with van der Waals surface area (Å²) in [4.78, 5) is 18.0. The summed E-state index contributed by atoms with van der Waals surface area (Å²) < 4.78 is 8.89. The molecule has 0 saturated carbocycles. The smallest absolute Gasteiger partial charge is 0.164 e. The van der Waals surface area contributed by atoms with E-state index in [-0.39, 0.29) is 0 Å². The number of fused-ring (bicyclic) bond motifs is 8. The Hall–Kier alpha value is -7.93. The number of furan rings is 1. The van der Waals surface area contributed by atoms with Crippen LogP contribution in [-0.2, 0) is 0 Å². The van der Waals surface area contributed by atoms with E-state index in [2.05, 4.69) is 175 Å². The number of para-hydroxylation sites is 2. The van der Waals surface area contributed by atoms with Crippen LogP contribution in [0.4, 0.5) is 17.1 Å². The quantitative estimate of drug-likeness (QED) is 0.161. The Balaban J connectivity index is 1.10. The molecular formula is C55H34N4OS. The summed E-state index contributed by atoms with van der Waals surface area (Å²) in [6.07, 6.45) is 0. The third-order valence-corrected chi connectivity index (χ3v) is 12.7. The Labute approximate surface area is 355 Å². The maximum Gasteiger partial charge on any atom is 0.164 e. The molecule has 5 nitrogen and oxygen atoms in total. The minimum atomic E-state index is 0.616. The fourth-order valence-electron chi connectivity index (χ4n) is 8.57. The van der Waals surface area contributed by atoms with Crippen LogP contribution >= 0.6 is 11.3 Å². The van der Waals surface area contributed by atoms with E-state index in [1.807, 2.05) is 47.7 Å². The van der Waals surface area contributed by atoms with Gasteiger partial charge >= 0.3 is 0 Å². The first kappa shape index (κ1) is 35.1. The first-order valence-corrected chi connectivity index (χ1v) is 21.2. The Morgan fingerprint density at radius 2 is 0.885 bits per heavy atom. The molecule has 3 aromatic heterocycles. The van der Waals surface area contributed by atoms with Crippen LogP contribution in [0.15, 0.2) is 211 Å². The van der Waals surface area contributed by atoms with Crippen molar-refractivity contribution in [3.8, 4) is 45.3 Å². The minimum Gasteiger partial charge on any atom is -0.456 e. The molecule has 0 aliphatic carbocycles. The fourth-order valence-corrected chi connectivity index (χ4v) is 9.79. The van der Waals surface area contributed by atoms with Crippen LogP contribution in [0.3, 0.4) is 0 Å². The number of benzene rings is 9. The number of anilines is 3. The zero-order chi connectivity index (χ0) is 40.3. The second-order valence-corrected chi connectivity index (χ2v) is 16.2. The van der Waals surface area contributed by atoms with Crippen molar-refractivity contribution in [3.05, 3.63) is 206 Å². The molecule has 12 aromatic rings. The maximum absolute atomic E-state index is 6.42. The third-order valence-electron chi connectivity index (χ3n) is 11.5. The molecule has 0 spiro atoms. The Morgan fingerprint density at radius 1 is 0.344 bits per heavy atom. The topological polar surface area (TPSA) is 55.1 Å². The Bertz CT molecular complexity index is 3580. The van der Waals surface area contributed by atoms with Crippen molar-refractivity contribution in [2.45, 2.75) is 0 Å². The van der Waals surface area contributed by atoms with Crippen LogP contribution in [0.1, 0.15) is 0 Å². The zero-order valence-corrected chi connectivity index (χ0v) is 33.6. The van der Waals surface area contributed by atoms with Crippen molar-refractivity contribution in [2.24, 2.45) is 0 Å². The number of rotatable bonds is 7. The highest BCUT2D eigenvalue weighted by Gasteiger charge is 2.21. The Kier molecular flexibility index (Phi) is 8.28. The molecule has 0 amide bonds. The zero-order valence-electron chi connectivity index (χ0n) is 32.7. The van der Waals surface area contributed by atoms with E-state index in [0.29, 0.717) is 17.5 Å². The lowest BCUT2D eigenvalue weighted by atomic mass is 9.98. The van der Waals surface area contributed by atoms with Gasteiger partial charge in [-0.15, -0.1) is 11.3 Å². The molecule has 0 fully saturated rings. The van der Waals surface area contributed by atoms with Gasteiger partial charge in [-0.05, 0) is 71.1 Å². The van der Waals surface area contributed by atoms with Crippen LogP contribution < -0.4 is 4.90 Å². The van der Waals surface area contributed by atoms with Gasteiger partial charge in [0.2, 0.25) is 0 Å². The average Bonchev–Trinajstić information content (AvgIpc) is 3.90. The van der Waals surface area contributed by atoms with Crippen molar-refractivity contribution in [1.82, 2.24) is 15.0 Å². The lowest BCUT2D eigenvalue weighted by Gasteiger charge is -2.26. The summed E-state index contributed by atoms with van der Waals surface area (Å²) in [6, 6.07) is 72.1. The normalized spacial score (nSPS) is 11.6. The summed E-state index contributed by atoms with van der Waals surface area (Å²) in [7, 11) is 0. The third kappa shape index (κ3) is 6.12. The van der Waals surface area contributed by atoms with Crippen LogP contribution in [0.2, 0.25) is 0 Å². The molecule has 0 N–H and O–H groups in total. The van der Waals surface area contributed by atoms with Gasteiger partial charge in [-0.3, -0.25) is 0 Å². The van der Waals surface area contributed by atoms with Crippen LogP contribution in [0.5, 0.6) is 0 Å². The van der Waals surface area contributed by atoms with Gasteiger partial charge < -0.3 is 9.32 Å². The molecule has 61 heavy (non-hydrogen) atoms. The first-order chi connectivity index (χ1) is 30.2. The monoisotopic (exact) mass is 798 g/mol. The first-order valence-electron chi connectivity index (χ1n) is 20.3. The van der Waals surface area contributed by atoms with E-state index in [9.17, 15) is 0 Å². The molecule has 286 valence electrons. The van der Waals surface area contributed by atoms with Crippen molar-refractivity contribution < 1.29 is 4.42 Å². The number of hydrogen-bond acceptors (Lipinski definition) is 6. The average molecular weight is 799 g/mol. The minimum absolute atomic E-state index is 0.616. The molecule has 12 rings (SSSR count). The standard InChI is InChI=1S/C55H34N4OS/c1-4-14-35(15-5-1)36-24-26-38(27-25-36)54-56-53(37-16-6-2-7-17-37)57-55(58-54)48-34-47-44-21-11-13-23-51(44)61-52(47)45-31-29-40(32-46(45)48)59(39-18-8-3-9-19-39)41-28-30-43-42-20-10-12-22-49(42)60-50(43)33-41/h1-34H. The SMILES string of the molecule is c1ccc(-c2ccc(-c3nc(-c4ccccc4)nc(-c4cc5c6ccccc6sc5c5ccc(N(c6ccccc6)c6ccc7c(c6)oc6ccccc67)cc45)n3)cc2)cc1. The predicted octanol–water partition coefficient (Wildman–Crippen LogP) is 15.4. The second kappa shape index (κ2) is 14.4. The molecule has 9 aromatic carbocycles. The highest BCUT2D eigenvalue weighted by molar-refractivity contribution is 7.26. The lowest BCUT2D eigenvalue weighted by Crippen LogP contribution is -2.09. The molecule has 6 heteroatoms. The summed E-state index contributed by atoms with van der Waals surface area (Å²) in [5.74, 6) is 1.86. The van der Waals surface area contributed by atoms with Crippen LogP contribution in [0.25, 0.3) is 98.2 Å². The summed E-state index contributed by atoms with van der Waals surface area (Å²) in [5.41, 5.74) is 9.84. The van der Waals surface area contributed by atoms with Gasteiger partial charge in [0.25, 0.3) is 0 Å². The van der Waals surface area contributed by atoms with E-state index < -0.39 is 0 Å². The lowest BCUT2D eigenvalue weighted by molar-refractivity contribution is 0.669. The van der Waals surface area contributed by atoms with E-state index in [1.165, 1.54) is 20.2 Å². The molecule has 0 aliphatic rings. The number of nitrogens with zero attached hydrogens (tertiary/aromatic N) is 4. The van der Waals surface area contributed by atoms with Gasteiger partial charge in [-0.2, -0.15) is 0 Å². The van der Waals surface area contributed by atoms with E-state index >= 15 is 0 Å². The number of thiophene rings is 1. The summed E-state index contributed by atoms with van der Waals surface area (Å²) >= 11 is 1.83.